The Labute approximate surface area is 163 Å². The summed E-state index contributed by atoms with van der Waals surface area (Å²) < 4.78 is 25.6. The molecule has 0 radical (unpaired) electrons. The summed E-state index contributed by atoms with van der Waals surface area (Å²) in [4.78, 5) is 27.1. The second kappa shape index (κ2) is 5.91. The monoisotopic (exact) mass is 396 g/mol. The number of carbonyl (C=O) groups excluding carboxylic acids is 2. The van der Waals surface area contributed by atoms with Crippen LogP contribution in [0.25, 0.3) is 0 Å². The van der Waals surface area contributed by atoms with Crippen LogP contribution in [0.1, 0.15) is 57.0 Å². The first-order valence-electron chi connectivity index (χ1n) is 9.50. The summed E-state index contributed by atoms with van der Waals surface area (Å²) in [7, 11) is -2.64. The van der Waals surface area contributed by atoms with Gasteiger partial charge in [0.25, 0.3) is 21.8 Å². The molecule has 28 heavy (non-hydrogen) atoms. The zero-order valence-corrected chi connectivity index (χ0v) is 16.3. The molecule has 5 rings (SSSR count). The van der Waals surface area contributed by atoms with Crippen LogP contribution in [0.2, 0.25) is 0 Å². The number of sulfonamides is 1. The van der Waals surface area contributed by atoms with Gasteiger partial charge in [-0.25, -0.2) is 12.7 Å². The van der Waals surface area contributed by atoms with Gasteiger partial charge in [0.05, 0.1) is 5.56 Å². The van der Waals surface area contributed by atoms with E-state index in [2.05, 4.69) is 6.07 Å². The van der Waals surface area contributed by atoms with Crippen molar-refractivity contribution in [2.75, 3.05) is 18.5 Å². The zero-order valence-electron chi connectivity index (χ0n) is 15.5. The molecule has 3 aliphatic rings. The van der Waals surface area contributed by atoms with Crippen LogP contribution in [0, 0.1) is 0 Å². The van der Waals surface area contributed by atoms with E-state index in [1.807, 2.05) is 12.1 Å². The second-order valence-electron chi connectivity index (χ2n) is 7.67. The molecule has 2 heterocycles. The van der Waals surface area contributed by atoms with Gasteiger partial charge >= 0.3 is 0 Å². The molecule has 1 aliphatic carbocycles. The van der Waals surface area contributed by atoms with Crippen molar-refractivity contribution in [2.45, 2.75) is 36.5 Å². The SMILES string of the molecule is CN1C(=O)c2ccc(C(=O)N3CCC4CCCc5cccc3c54)cc2S1(=O)=O. The fraction of sp³-hybridized carbons (Fsp3) is 0.333. The van der Waals surface area contributed by atoms with Gasteiger partial charge in [-0.15, -0.1) is 0 Å². The molecule has 6 nitrogen and oxygen atoms in total. The van der Waals surface area contributed by atoms with E-state index in [0.717, 1.165) is 29.3 Å². The largest absolute Gasteiger partial charge is 0.308 e. The molecule has 144 valence electrons. The highest BCUT2D eigenvalue weighted by Gasteiger charge is 2.40. The molecule has 0 bridgehead atoms. The summed E-state index contributed by atoms with van der Waals surface area (Å²) in [6.45, 7) is 0.614. The van der Waals surface area contributed by atoms with Crippen molar-refractivity contribution in [1.29, 1.82) is 0 Å². The van der Waals surface area contributed by atoms with E-state index in [4.69, 9.17) is 0 Å². The minimum atomic E-state index is -3.88. The molecule has 1 unspecified atom stereocenters. The summed E-state index contributed by atoms with van der Waals surface area (Å²) in [5.41, 5.74) is 3.94. The van der Waals surface area contributed by atoms with E-state index in [-0.39, 0.29) is 21.9 Å². The molecular weight excluding hydrogens is 376 g/mol. The fourth-order valence-electron chi connectivity index (χ4n) is 4.74. The average Bonchev–Trinajstić information content (AvgIpc) is 2.88. The zero-order chi connectivity index (χ0) is 19.6. The van der Waals surface area contributed by atoms with E-state index in [9.17, 15) is 18.0 Å². The third kappa shape index (κ3) is 2.29. The van der Waals surface area contributed by atoms with Gasteiger partial charge in [0.2, 0.25) is 0 Å². The molecule has 2 aliphatic heterocycles. The average molecular weight is 396 g/mol. The number of carbonyl (C=O) groups is 2. The Kier molecular flexibility index (Phi) is 3.68. The van der Waals surface area contributed by atoms with E-state index in [1.54, 1.807) is 11.0 Å². The molecule has 0 spiro atoms. The predicted molar refractivity (Wildman–Crippen MR) is 104 cm³/mol. The number of amides is 2. The normalized spacial score (nSPS) is 22.0. The van der Waals surface area contributed by atoms with Crippen LogP contribution in [-0.4, -0.2) is 38.1 Å². The minimum absolute atomic E-state index is 0.0872. The van der Waals surface area contributed by atoms with Gasteiger partial charge in [0.15, 0.2) is 0 Å². The first-order valence-corrected chi connectivity index (χ1v) is 10.9. The van der Waals surface area contributed by atoms with Crippen molar-refractivity contribution in [2.24, 2.45) is 0 Å². The molecule has 2 aromatic carbocycles. The highest BCUT2D eigenvalue weighted by molar-refractivity contribution is 7.90. The van der Waals surface area contributed by atoms with Crippen molar-refractivity contribution in [3.05, 3.63) is 58.7 Å². The highest BCUT2D eigenvalue weighted by Crippen LogP contribution is 2.44. The van der Waals surface area contributed by atoms with Crippen LogP contribution >= 0.6 is 0 Å². The number of nitrogens with zero attached hydrogens (tertiary/aromatic N) is 2. The Morgan fingerprint density at radius 3 is 2.79 bits per heavy atom. The predicted octanol–water partition coefficient (Wildman–Crippen LogP) is 2.93. The van der Waals surface area contributed by atoms with Crippen molar-refractivity contribution in [3.8, 4) is 0 Å². The third-order valence-corrected chi connectivity index (χ3v) is 7.98. The molecule has 2 amide bonds. The smallest absolute Gasteiger partial charge is 0.268 e. The van der Waals surface area contributed by atoms with Gasteiger partial charge in [-0.2, -0.15) is 0 Å². The van der Waals surface area contributed by atoms with Gasteiger partial charge < -0.3 is 4.90 Å². The van der Waals surface area contributed by atoms with Gasteiger partial charge in [-0.1, -0.05) is 12.1 Å². The van der Waals surface area contributed by atoms with Crippen LogP contribution in [0.15, 0.2) is 41.3 Å². The Bertz CT molecular complexity index is 1140. The summed E-state index contributed by atoms with van der Waals surface area (Å²) in [6, 6.07) is 10.4. The van der Waals surface area contributed by atoms with Crippen LogP contribution in [0.3, 0.4) is 0 Å². The standard InChI is InChI=1S/C21H20N2O4S/c1-22-21(25)16-9-8-15(12-18(16)28(22,26)27)20(24)23-11-10-14-5-2-4-13-6-3-7-17(23)19(13)14/h3,6-9,12,14H,2,4-5,10-11H2,1H3. The molecule has 0 N–H and O–H groups in total. The van der Waals surface area contributed by atoms with E-state index in [1.165, 1.54) is 36.7 Å². The number of hydrogen-bond acceptors (Lipinski definition) is 4. The van der Waals surface area contributed by atoms with Crippen molar-refractivity contribution < 1.29 is 18.0 Å². The summed E-state index contributed by atoms with van der Waals surface area (Å²) in [5, 5.41) is 0. The lowest BCUT2D eigenvalue weighted by atomic mass is 9.77. The summed E-state index contributed by atoms with van der Waals surface area (Å²) in [6.07, 6.45) is 4.28. The molecule has 2 aromatic rings. The van der Waals surface area contributed by atoms with Crippen LogP contribution in [0.5, 0.6) is 0 Å². The molecule has 7 heteroatoms. The minimum Gasteiger partial charge on any atom is -0.308 e. The summed E-state index contributed by atoms with van der Waals surface area (Å²) >= 11 is 0. The Hall–Kier alpha value is -2.67. The van der Waals surface area contributed by atoms with E-state index in [0.29, 0.717) is 12.5 Å². The Morgan fingerprint density at radius 1 is 1.14 bits per heavy atom. The summed E-state index contributed by atoms with van der Waals surface area (Å²) in [5.74, 6) is -0.292. The maximum atomic E-state index is 13.3. The maximum Gasteiger partial charge on any atom is 0.268 e. The Balaban J connectivity index is 1.57. The number of benzene rings is 2. The highest BCUT2D eigenvalue weighted by atomic mass is 32.2. The lowest BCUT2D eigenvalue weighted by Crippen LogP contribution is -2.38. The van der Waals surface area contributed by atoms with E-state index >= 15 is 0 Å². The van der Waals surface area contributed by atoms with Crippen molar-refractivity contribution in [1.82, 2.24) is 4.31 Å². The second-order valence-corrected chi connectivity index (χ2v) is 9.61. The van der Waals surface area contributed by atoms with Gasteiger partial charge in [-0.3, -0.25) is 9.59 Å². The number of anilines is 1. The van der Waals surface area contributed by atoms with Gasteiger partial charge in [0, 0.05) is 24.8 Å². The van der Waals surface area contributed by atoms with Gasteiger partial charge in [0.1, 0.15) is 4.90 Å². The van der Waals surface area contributed by atoms with Crippen molar-refractivity contribution >= 4 is 27.5 Å². The molecule has 0 saturated heterocycles. The topological polar surface area (TPSA) is 74.8 Å². The van der Waals surface area contributed by atoms with Crippen LogP contribution in [0.4, 0.5) is 5.69 Å². The molecule has 1 atom stereocenters. The van der Waals surface area contributed by atoms with Gasteiger partial charge in [-0.05, 0) is 67.0 Å². The number of hydrogen-bond donors (Lipinski definition) is 0. The first kappa shape index (κ1) is 17.4. The number of rotatable bonds is 1. The molecular formula is C21H20N2O4S. The van der Waals surface area contributed by atoms with Crippen LogP contribution < -0.4 is 4.90 Å². The van der Waals surface area contributed by atoms with E-state index < -0.39 is 15.9 Å². The maximum absolute atomic E-state index is 13.3. The molecule has 0 fully saturated rings. The number of aryl methyl sites for hydroxylation is 1. The van der Waals surface area contributed by atoms with Crippen LogP contribution in [-0.2, 0) is 16.4 Å². The fourth-order valence-corrected chi connectivity index (χ4v) is 6.06. The lowest BCUT2D eigenvalue weighted by molar-refractivity contribution is 0.0890. The quantitative estimate of drug-likeness (QED) is 0.743. The lowest BCUT2D eigenvalue weighted by Gasteiger charge is -2.38. The first-order chi connectivity index (χ1) is 13.4. The Morgan fingerprint density at radius 2 is 1.96 bits per heavy atom. The molecule has 0 aromatic heterocycles. The third-order valence-electron chi connectivity index (χ3n) is 6.20. The van der Waals surface area contributed by atoms with Crippen molar-refractivity contribution in [3.63, 3.8) is 0 Å². The molecule has 0 saturated carbocycles. The number of fused-ring (bicyclic) bond motifs is 1.